The zero-order valence-corrected chi connectivity index (χ0v) is 15.5. The lowest BCUT2D eigenvalue weighted by Gasteiger charge is -2.31. The van der Waals surface area contributed by atoms with Crippen molar-refractivity contribution in [3.8, 4) is 0 Å². The summed E-state index contributed by atoms with van der Waals surface area (Å²) in [5.74, 6) is 1.56. The minimum atomic E-state index is 0. The van der Waals surface area contributed by atoms with Crippen LogP contribution in [0.1, 0.15) is 51.4 Å². The molecule has 3 fully saturated rings. The summed E-state index contributed by atoms with van der Waals surface area (Å²) in [5, 5.41) is 0. The molecule has 0 unspecified atom stereocenters. The van der Waals surface area contributed by atoms with Gasteiger partial charge in [-0.2, -0.15) is 0 Å². The number of hydrogen-bond donors (Lipinski definition) is 1. The Hall–Kier alpha value is -0.0400. The lowest BCUT2D eigenvalue weighted by Crippen LogP contribution is -2.39. The molecule has 0 aromatic rings. The van der Waals surface area contributed by atoms with Crippen molar-refractivity contribution in [3.05, 3.63) is 0 Å². The molecule has 1 aliphatic carbocycles. The number of halogens is 1. The van der Waals surface area contributed by atoms with Gasteiger partial charge in [0.15, 0.2) is 5.96 Å². The predicted molar refractivity (Wildman–Crippen MR) is 99.3 cm³/mol. The van der Waals surface area contributed by atoms with E-state index in [1.807, 2.05) is 0 Å². The highest BCUT2D eigenvalue weighted by molar-refractivity contribution is 14.0. The molecular formula is C16H31IN4. The van der Waals surface area contributed by atoms with Crippen LogP contribution in [0.25, 0.3) is 0 Å². The van der Waals surface area contributed by atoms with Crippen LogP contribution < -0.4 is 5.73 Å². The van der Waals surface area contributed by atoms with Gasteiger partial charge in [0, 0.05) is 25.7 Å². The number of aliphatic imine (C=N–C) groups is 1. The van der Waals surface area contributed by atoms with Crippen LogP contribution in [-0.4, -0.2) is 54.5 Å². The molecule has 21 heavy (non-hydrogen) atoms. The van der Waals surface area contributed by atoms with Gasteiger partial charge in [0.2, 0.25) is 0 Å². The Morgan fingerprint density at radius 3 is 2.10 bits per heavy atom. The van der Waals surface area contributed by atoms with E-state index >= 15 is 0 Å². The van der Waals surface area contributed by atoms with Crippen LogP contribution in [0.3, 0.4) is 0 Å². The summed E-state index contributed by atoms with van der Waals surface area (Å²) in [5.41, 5.74) is 6.19. The van der Waals surface area contributed by atoms with Gasteiger partial charge in [-0.05, 0) is 57.5 Å². The van der Waals surface area contributed by atoms with Crippen molar-refractivity contribution >= 4 is 29.9 Å². The number of guanidine groups is 1. The number of nitrogens with two attached hydrogens (primary N) is 1. The van der Waals surface area contributed by atoms with E-state index in [1.165, 1.54) is 64.5 Å². The first kappa shape index (κ1) is 17.3. The maximum absolute atomic E-state index is 6.19. The van der Waals surface area contributed by atoms with Crippen molar-refractivity contribution < 1.29 is 0 Å². The van der Waals surface area contributed by atoms with E-state index in [9.17, 15) is 0 Å². The second kappa shape index (κ2) is 8.56. The van der Waals surface area contributed by atoms with Crippen molar-refractivity contribution in [1.29, 1.82) is 0 Å². The largest absolute Gasteiger partial charge is 0.370 e. The van der Waals surface area contributed by atoms with Gasteiger partial charge >= 0.3 is 0 Å². The van der Waals surface area contributed by atoms with Crippen LogP contribution in [0, 0.1) is 5.92 Å². The number of rotatable bonds is 3. The van der Waals surface area contributed by atoms with Crippen LogP contribution in [-0.2, 0) is 0 Å². The monoisotopic (exact) mass is 406 g/mol. The summed E-state index contributed by atoms with van der Waals surface area (Å²) in [7, 11) is 0. The summed E-state index contributed by atoms with van der Waals surface area (Å²) < 4.78 is 0. The minimum Gasteiger partial charge on any atom is -0.370 e. The van der Waals surface area contributed by atoms with Crippen LogP contribution in [0.2, 0.25) is 0 Å². The smallest absolute Gasteiger partial charge is 0.191 e. The molecule has 0 aromatic carbocycles. The van der Waals surface area contributed by atoms with Crippen molar-refractivity contribution in [2.45, 2.75) is 57.4 Å². The van der Waals surface area contributed by atoms with Crippen LogP contribution in [0.4, 0.5) is 0 Å². The minimum absolute atomic E-state index is 0. The average Bonchev–Trinajstić information content (AvgIpc) is 3.31. The first-order valence-corrected chi connectivity index (χ1v) is 8.62. The summed E-state index contributed by atoms with van der Waals surface area (Å²) in [6, 6.07) is 0.932. The summed E-state index contributed by atoms with van der Waals surface area (Å²) in [4.78, 5) is 9.68. The van der Waals surface area contributed by atoms with Gasteiger partial charge in [-0.15, -0.1) is 24.0 Å². The van der Waals surface area contributed by atoms with Gasteiger partial charge in [0.25, 0.3) is 0 Å². The van der Waals surface area contributed by atoms with E-state index in [2.05, 4.69) is 9.80 Å². The van der Waals surface area contributed by atoms with Crippen molar-refractivity contribution in [2.24, 2.45) is 16.6 Å². The van der Waals surface area contributed by atoms with Crippen molar-refractivity contribution in [1.82, 2.24) is 9.80 Å². The fourth-order valence-corrected chi connectivity index (χ4v) is 3.56. The first-order chi connectivity index (χ1) is 9.83. The molecule has 0 aromatic heterocycles. The predicted octanol–water partition coefficient (Wildman–Crippen LogP) is 2.67. The van der Waals surface area contributed by atoms with Gasteiger partial charge in [0.05, 0.1) is 0 Å². The van der Waals surface area contributed by atoms with Crippen LogP contribution >= 0.6 is 24.0 Å². The molecule has 2 heterocycles. The lowest BCUT2D eigenvalue weighted by molar-refractivity contribution is 0.179. The maximum Gasteiger partial charge on any atom is 0.191 e. The summed E-state index contributed by atoms with van der Waals surface area (Å²) in [6.45, 7) is 5.73. The molecule has 0 radical (unpaired) electrons. The number of piperidine rings is 1. The Morgan fingerprint density at radius 2 is 1.52 bits per heavy atom. The van der Waals surface area contributed by atoms with Gasteiger partial charge in [0.1, 0.15) is 0 Å². The van der Waals surface area contributed by atoms with Gasteiger partial charge < -0.3 is 15.5 Å². The third kappa shape index (κ3) is 5.27. The Bertz CT molecular complexity index is 327. The Kier molecular flexibility index (Phi) is 7.05. The molecule has 0 amide bonds. The quantitative estimate of drug-likeness (QED) is 0.445. The maximum atomic E-state index is 6.19. The fourth-order valence-electron chi connectivity index (χ4n) is 3.56. The molecular weight excluding hydrogens is 375 g/mol. The molecule has 4 nitrogen and oxygen atoms in total. The van der Waals surface area contributed by atoms with E-state index in [-0.39, 0.29) is 24.0 Å². The second-order valence-electron chi connectivity index (χ2n) is 6.81. The third-order valence-corrected chi connectivity index (χ3v) is 5.15. The van der Waals surface area contributed by atoms with E-state index < -0.39 is 0 Å². The normalized spacial score (nSPS) is 26.3. The fraction of sp³-hybridized carbons (Fsp3) is 0.938. The molecule has 5 heteroatoms. The number of hydrogen-bond acceptors (Lipinski definition) is 2. The van der Waals surface area contributed by atoms with Crippen molar-refractivity contribution in [3.63, 3.8) is 0 Å². The van der Waals surface area contributed by atoms with Gasteiger partial charge in [-0.3, -0.25) is 4.99 Å². The van der Waals surface area contributed by atoms with Crippen LogP contribution in [0.5, 0.6) is 0 Å². The molecule has 2 N–H and O–H groups in total. The molecule has 0 spiro atoms. The SMILES string of the molecule is I.NC(=NCC1CCN(C2CC2)CC1)N1CCCCCC1. The molecule has 3 aliphatic rings. The highest BCUT2D eigenvalue weighted by Gasteiger charge is 2.31. The van der Waals surface area contributed by atoms with E-state index in [0.29, 0.717) is 0 Å². The molecule has 2 saturated heterocycles. The molecule has 1 saturated carbocycles. The highest BCUT2D eigenvalue weighted by atomic mass is 127. The molecule has 0 bridgehead atoms. The lowest BCUT2D eigenvalue weighted by atomic mass is 9.97. The van der Waals surface area contributed by atoms with E-state index in [0.717, 1.165) is 37.6 Å². The third-order valence-electron chi connectivity index (χ3n) is 5.15. The van der Waals surface area contributed by atoms with E-state index in [4.69, 9.17) is 10.7 Å². The average molecular weight is 406 g/mol. The number of nitrogens with zero attached hydrogens (tertiary/aromatic N) is 3. The zero-order chi connectivity index (χ0) is 13.8. The van der Waals surface area contributed by atoms with Crippen molar-refractivity contribution in [2.75, 3.05) is 32.7 Å². The highest BCUT2D eigenvalue weighted by Crippen LogP contribution is 2.30. The summed E-state index contributed by atoms with van der Waals surface area (Å²) >= 11 is 0. The second-order valence-corrected chi connectivity index (χ2v) is 6.81. The van der Waals surface area contributed by atoms with Gasteiger partial charge in [-0.25, -0.2) is 0 Å². The topological polar surface area (TPSA) is 44.9 Å². The molecule has 122 valence electrons. The van der Waals surface area contributed by atoms with E-state index in [1.54, 1.807) is 0 Å². The zero-order valence-electron chi connectivity index (χ0n) is 13.2. The Morgan fingerprint density at radius 1 is 0.905 bits per heavy atom. The Balaban J connectivity index is 0.00000161. The molecule has 3 rings (SSSR count). The first-order valence-electron chi connectivity index (χ1n) is 8.62. The molecule has 2 aliphatic heterocycles. The Labute approximate surface area is 146 Å². The number of likely N-dealkylation sites (tertiary alicyclic amines) is 2. The van der Waals surface area contributed by atoms with Gasteiger partial charge in [-0.1, -0.05) is 12.8 Å². The summed E-state index contributed by atoms with van der Waals surface area (Å²) in [6.07, 6.45) is 10.7. The standard InChI is InChI=1S/C16H30N4.HI/c17-16(20-9-3-1-2-4-10-20)18-13-14-7-11-19(12-8-14)15-5-6-15;/h14-15H,1-13H2,(H2,17,18);1H. The molecule has 0 atom stereocenters. The van der Waals surface area contributed by atoms with Crippen LogP contribution in [0.15, 0.2) is 4.99 Å².